The van der Waals surface area contributed by atoms with Crippen LogP contribution in [0.1, 0.15) is 24.4 Å². The third-order valence-corrected chi connectivity index (χ3v) is 3.49. The number of hydrogen-bond acceptors (Lipinski definition) is 3. The molecule has 0 saturated carbocycles. The number of hydrazine groups is 1. The molecule has 0 aliphatic carbocycles. The van der Waals surface area contributed by atoms with Crippen LogP contribution in [0.5, 0.6) is 0 Å². The summed E-state index contributed by atoms with van der Waals surface area (Å²) in [6.45, 7) is 1.35. The predicted molar refractivity (Wildman–Crippen MR) is 65.0 cm³/mol. The first-order chi connectivity index (χ1) is 8.24. The van der Waals surface area contributed by atoms with Gasteiger partial charge in [0, 0.05) is 23.1 Å². The van der Waals surface area contributed by atoms with E-state index in [-0.39, 0.29) is 17.8 Å². The van der Waals surface area contributed by atoms with Gasteiger partial charge in [0.2, 0.25) is 0 Å². The topological polar surface area (TPSA) is 47.3 Å². The van der Waals surface area contributed by atoms with Crippen molar-refractivity contribution in [1.82, 2.24) is 5.43 Å². The molecule has 0 bridgehead atoms. The SMILES string of the molecule is NNC(c1c(F)cccc1Cl)C1CCCOC1. The lowest BCUT2D eigenvalue weighted by molar-refractivity contribution is 0.0385. The van der Waals surface area contributed by atoms with Crippen molar-refractivity contribution in [2.75, 3.05) is 13.2 Å². The van der Waals surface area contributed by atoms with Gasteiger partial charge in [0.05, 0.1) is 12.6 Å². The van der Waals surface area contributed by atoms with Crippen LogP contribution >= 0.6 is 11.6 Å². The van der Waals surface area contributed by atoms with Gasteiger partial charge in [0.25, 0.3) is 0 Å². The first-order valence-corrected chi connectivity index (χ1v) is 6.09. The van der Waals surface area contributed by atoms with Crippen molar-refractivity contribution < 1.29 is 9.13 Å². The second kappa shape index (κ2) is 5.78. The minimum absolute atomic E-state index is 0.156. The third-order valence-electron chi connectivity index (χ3n) is 3.16. The average Bonchev–Trinajstić information content (AvgIpc) is 2.35. The van der Waals surface area contributed by atoms with Crippen molar-refractivity contribution in [1.29, 1.82) is 0 Å². The van der Waals surface area contributed by atoms with Crippen LogP contribution < -0.4 is 11.3 Å². The summed E-state index contributed by atoms with van der Waals surface area (Å²) in [7, 11) is 0. The number of nitrogens with two attached hydrogens (primary N) is 1. The van der Waals surface area contributed by atoms with E-state index >= 15 is 0 Å². The van der Waals surface area contributed by atoms with Gasteiger partial charge in [-0.25, -0.2) is 4.39 Å². The number of benzene rings is 1. The lowest BCUT2D eigenvalue weighted by atomic mass is 9.89. The standard InChI is InChI=1S/C12H16ClFN2O/c13-9-4-1-5-10(14)11(9)12(16-15)8-3-2-6-17-7-8/h1,4-5,8,12,16H,2-3,6-7,15H2. The summed E-state index contributed by atoms with van der Waals surface area (Å²) in [6.07, 6.45) is 1.93. The van der Waals surface area contributed by atoms with Crippen LogP contribution in [-0.2, 0) is 4.74 Å². The maximum absolute atomic E-state index is 13.8. The molecule has 1 aromatic carbocycles. The number of rotatable bonds is 3. The highest BCUT2D eigenvalue weighted by molar-refractivity contribution is 6.31. The average molecular weight is 259 g/mol. The maximum Gasteiger partial charge on any atom is 0.129 e. The summed E-state index contributed by atoms with van der Waals surface area (Å²) in [4.78, 5) is 0. The molecule has 5 heteroatoms. The molecule has 1 aromatic rings. The Kier molecular flexibility index (Phi) is 4.34. The van der Waals surface area contributed by atoms with Crippen LogP contribution in [0.3, 0.4) is 0 Å². The molecule has 0 amide bonds. The van der Waals surface area contributed by atoms with E-state index in [9.17, 15) is 4.39 Å². The van der Waals surface area contributed by atoms with Crippen molar-refractivity contribution in [3.05, 3.63) is 34.6 Å². The van der Waals surface area contributed by atoms with Gasteiger partial charge in [-0.05, 0) is 25.0 Å². The van der Waals surface area contributed by atoms with E-state index in [2.05, 4.69) is 5.43 Å². The zero-order valence-electron chi connectivity index (χ0n) is 9.46. The molecule has 2 unspecified atom stereocenters. The normalized spacial score (nSPS) is 22.4. The highest BCUT2D eigenvalue weighted by atomic mass is 35.5. The Morgan fingerprint density at radius 3 is 2.94 bits per heavy atom. The van der Waals surface area contributed by atoms with Gasteiger partial charge in [0.1, 0.15) is 5.82 Å². The molecule has 1 saturated heterocycles. The van der Waals surface area contributed by atoms with Crippen molar-refractivity contribution in [2.24, 2.45) is 11.8 Å². The van der Waals surface area contributed by atoms with Crippen LogP contribution in [0.4, 0.5) is 4.39 Å². The van der Waals surface area contributed by atoms with E-state index in [1.54, 1.807) is 12.1 Å². The lowest BCUT2D eigenvalue weighted by Crippen LogP contribution is -2.38. The molecule has 3 N–H and O–H groups in total. The second-order valence-electron chi connectivity index (χ2n) is 4.26. The molecule has 0 radical (unpaired) electrons. The molecule has 2 rings (SSSR count). The van der Waals surface area contributed by atoms with Crippen molar-refractivity contribution in [2.45, 2.75) is 18.9 Å². The quantitative estimate of drug-likeness (QED) is 0.647. The Hall–Kier alpha value is -0.680. The predicted octanol–water partition coefficient (Wildman–Crippen LogP) is 2.41. The summed E-state index contributed by atoms with van der Waals surface area (Å²) in [5, 5.41) is 0.401. The number of hydrogen-bond donors (Lipinski definition) is 2. The van der Waals surface area contributed by atoms with E-state index in [0.717, 1.165) is 19.4 Å². The Morgan fingerprint density at radius 1 is 1.53 bits per heavy atom. The van der Waals surface area contributed by atoms with Crippen molar-refractivity contribution in [3.8, 4) is 0 Å². The van der Waals surface area contributed by atoms with Crippen LogP contribution in [0.25, 0.3) is 0 Å². The summed E-state index contributed by atoms with van der Waals surface area (Å²) in [5.41, 5.74) is 3.10. The van der Waals surface area contributed by atoms with Gasteiger partial charge in [0.15, 0.2) is 0 Å². The van der Waals surface area contributed by atoms with Crippen LogP contribution in [0.15, 0.2) is 18.2 Å². The van der Waals surface area contributed by atoms with E-state index < -0.39 is 0 Å². The van der Waals surface area contributed by atoms with E-state index in [1.807, 2.05) is 0 Å². The Morgan fingerprint density at radius 2 is 2.35 bits per heavy atom. The van der Waals surface area contributed by atoms with E-state index in [0.29, 0.717) is 17.2 Å². The fourth-order valence-electron chi connectivity index (χ4n) is 2.29. The Balaban J connectivity index is 2.27. The van der Waals surface area contributed by atoms with Gasteiger partial charge < -0.3 is 4.74 Å². The summed E-state index contributed by atoms with van der Waals surface area (Å²) in [5.74, 6) is 5.37. The molecule has 3 nitrogen and oxygen atoms in total. The zero-order valence-corrected chi connectivity index (χ0v) is 10.2. The second-order valence-corrected chi connectivity index (χ2v) is 4.66. The van der Waals surface area contributed by atoms with E-state index in [4.69, 9.17) is 22.2 Å². The van der Waals surface area contributed by atoms with Crippen molar-refractivity contribution in [3.63, 3.8) is 0 Å². The monoisotopic (exact) mass is 258 g/mol. The molecule has 17 heavy (non-hydrogen) atoms. The molecule has 0 aromatic heterocycles. The lowest BCUT2D eigenvalue weighted by Gasteiger charge is -2.30. The van der Waals surface area contributed by atoms with Gasteiger partial charge in [-0.2, -0.15) is 0 Å². The number of ether oxygens (including phenoxy) is 1. The van der Waals surface area contributed by atoms with Gasteiger partial charge >= 0.3 is 0 Å². The molecule has 1 aliphatic rings. The minimum atomic E-state index is -0.328. The Bertz CT molecular complexity index is 363. The molecule has 2 atom stereocenters. The maximum atomic E-state index is 13.8. The van der Waals surface area contributed by atoms with Crippen LogP contribution in [-0.4, -0.2) is 13.2 Å². The molecule has 0 spiro atoms. The smallest absolute Gasteiger partial charge is 0.129 e. The molecule has 1 fully saturated rings. The fourth-order valence-corrected chi connectivity index (χ4v) is 2.57. The highest BCUT2D eigenvalue weighted by Crippen LogP contribution is 2.33. The van der Waals surface area contributed by atoms with Gasteiger partial charge in [-0.15, -0.1) is 0 Å². The van der Waals surface area contributed by atoms with Gasteiger partial charge in [-0.3, -0.25) is 11.3 Å². The Labute approximate surface area is 105 Å². The summed E-state index contributed by atoms with van der Waals surface area (Å²) in [6, 6.07) is 4.36. The number of halogens is 2. The molecule has 1 aliphatic heterocycles. The third kappa shape index (κ3) is 2.77. The largest absolute Gasteiger partial charge is 0.381 e. The molecule has 1 heterocycles. The van der Waals surface area contributed by atoms with Gasteiger partial charge in [-0.1, -0.05) is 17.7 Å². The zero-order chi connectivity index (χ0) is 12.3. The fraction of sp³-hybridized carbons (Fsp3) is 0.500. The summed E-state index contributed by atoms with van der Waals surface area (Å²) >= 11 is 6.05. The minimum Gasteiger partial charge on any atom is -0.381 e. The van der Waals surface area contributed by atoms with E-state index in [1.165, 1.54) is 6.07 Å². The molecular weight excluding hydrogens is 243 g/mol. The van der Waals surface area contributed by atoms with Crippen LogP contribution in [0, 0.1) is 11.7 Å². The highest BCUT2D eigenvalue weighted by Gasteiger charge is 2.28. The molecule has 94 valence electrons. The first kappa shape index (κ1) is 12.8. The first-order valence-electron chi connectivity index (χ1n) is 5.72. The molecular formula is C12H16ClFN2O. The summed E-state index contributed by atoms with van der Waals surface area (Å²) < 4.78 is 19.2. The van der Waals surface area contributed by atoms with Crippen molar-refractivity contribution >= 4 is 11.6 Å². The number of nitrogens with one attached hydrogen (secondary N) is 1. The van der Waals surface area contributed by atoms with Crippen LogP contribution in [0.2, 0.25) is 5.02 Å².